The molecule has 16 heavy (non-hydrogen) atoms. The van der Waals surface area contributed by atoms with Crippen molar-refractivity contribution in [2.75, 3.05) is 13.3 Å². The van der Waals surface area contributed by atoms with Gasteiger partial charge in [-0.2, -0.15) is 0 Å². The van der Waals surface area contributed by atoms with Crippen molar-refractivity contribution in [2.24, 2.45) is 0 Å². The second-order valence-corrected chi connectivity index (χ2v) is 3.42. The number of hydrogen-bond acceptors (Lipinski definition) is 4. The first-order valence-electron chi connectivity index (χ1n) is 7.33. The number of carbonyl (C=O) groups is 1. The number of rotatable bonds is 4. The van der Waals surface area contributed by atoms with Crippen molar-refractivity contribution in [3.63, 3.8) is 0 Å². The number of Topliss-reactive ketones (excluding diaryl/α,β-unsaturated/α-hetero) is 1. The van der Waals surface area contributed by atoms with Crippen LogP contribution >= 0.6 is 0 Å². The third-order valence-electron chi connectivity index (χ3n) is 2.34. The fourth-order valence-corrected chi connectivity index (χ4v) is 1.47. The van der Waals surface area contributed by atoms with Crippen molar-refractivity contribution in [2.45, 2.75) is 19.8 Å². The molecular weight excluding hydrogens is 206 g/mol. The molecule has 0 saturated carbocycles. The van der Waals surface area contributed by atoms with Gasteiger partial charge in [0.05, 0.1) is 6.04 Å². The summed E-state index contributed by atoms with van der Waals surface area (Å²) in [7, 11) is 0. The van der Waals surface area contributed by atoms with Crippen LogP contribution in [0.25, 0.3) is 0 Å². The molecule has 2 rings (SSSR count). The Labute approximate surface area is 102 Å². The minimum absolute atomic E-state index is 0.0857. The van der Waals surface area contributed by atoms with Gasteiger partial charge in [-0.15, -0.1) is 0 Å². The van der Waals surface area contributed by atoms with Crippen molar-refractivity contribution in [1.82, 2.24) is 5.32 Å². The topological polar surface area (TPSA) is 47.6 Å². The number of fused-ring (bicyclic) bond motifs is 1. The second-order valence-electron chi connectivity index (χ2n) is 3.42. The van der Waals surface area contributed by atoms with Crippen LogP contribution in [0.5, 0.6) is 11.5 Å². The van der Waals surface area contributed by atoms with Crippen LogP contribution < -0.4 is 14.8 Å². The molecule has 1 aromatic carbocycles. The molecule has 1 atom stereocenters. The van der Waals surface area contributed by atoms with Crippen molar-refractivity contribution >= 4 is 5.78 Å². The normalized spacial score (nSPS) is 21.2. The highest BCUT2D eigenvalue weighted by Gasteiger charge is 2.19. The Hall–Kier alpha value is -1.55. The quantitative estimate of drug-likeness (QED) is 0.792. The van der Waals surface area contributed by atoms with Crippen LogP contribution in [-0.2, 0) is 0 Å². The predicted molar refractivity (Wildman–Crippen MR) is 60.0 cm³/mol. The van der Waals surface area contributed by atoms with Gasteiger partial charge in [0.25, 0.3) is 0 Å². The molecule has 0 spiro atoms. The van der Waals surface area contributed by atoms with E-state index in [9.17, 15) is 4.79 Å². The molecule has 1 aliphatic rings. The number of ether oxygens (including phenoxy) is 2. The molecule has 0 saturated heterocycles. The van der Waals surface area contributed by atoms with Crippen LogP contribution in [-0.4, -0.2) is 25.1 Å². The van der Waals surface area contributed by atoms with E-state index in [1.54, 1.807) is 6.07 Å². The van der Waals surface area contributed by atoms with Crippen LogP contribution in [0.1, 0.15) is 31.0 Å². The third kappa shape index (κ3) is 2.02. The molecule has 1 aromatic rings. The van der Waals surface area contributed by atoms with E-state index in [0.29, 0.717) is 17.1 Å². The lowest BCUT2D eigenvalue weighted by Crippen LogP contribution is -2.33. The van der Waals surface area contributed by atoms with E-state index >= 15 is 0 Å². The van der Waals surface area contributed by atoms with Gasteiger partial charge in [-0.05, 0) is 31.6 Å². The first kappa shape index (κ1) is 6.25. The lowest BCUT2D eigenvalue weighted by molar-refractivity contribution is 0.0951. The van der Waals surface area contributed by atoms with Crippen LogP contribution in [0.4, 0.5) is 0 Å². The first-order valence-corrected chi connectivity index (χ1v) is 4.83. The minimum atomic E-state index is -2.86. The number of carbonyl (C=O) groups excluding carboxylic acids is 1. The summed E-state index contributed by atoms with van der Waals surface area (Å²) in [5.41, 5.74) is 0.292. The summed E-state index contributed by atoms with van der Waals surface area (Å²) in [5.74, 6) is 0.540. The molecule has 1 unspecified atom stereocenters. The molecule has 0 aromatic heterocycles. The highest BCUT2D eigenvalue weighted by Crippen LogP contribution is 2.32. The molecule has 0 fully saturated rings. The number of likely N-dealkylation sites (N-methyl/N-ethyl adjacent to an activating group) is 1. The summed E-state index contributed by atoms with van der Waals surface area (Å²) in [5, 5.41) is 2.21. The van der Waals surface area contributed by atoms with Crippen LogP contribution in [0.3, 0.4) is 0 Å². The monoisotopic (exact) mass is 226 g/mol. The Kier molecular flexibility index (Phi) is 1.77. The Morgan fingerprint density at radius 2 is 2.44 bits per heavy atom. The number of ketones is 1. The molecule has 4 nitrogen and oxygen atoms in total. The zero-order valence-electron chi connectivity index (χ0n) is 13.7. The van der Waals surface area contributed by atoms with Gasteiger partial charge >= 0.3 is 0 Å². The van der Waals surface area contributed by atoms with E-state index in [4.69, 9.17) is 16.3 Å². The molecular formula is C12H15NO3. The van der Waals surface area contributed by atoms with Crippen molar-refractivity contribution < 1.29 is 21.1 Å². The van der Waals surface area contributed by atoms with E-state index in [1.807, 2.05) is 0 Å². The van der Waals surface area contributed by atoms with E-state index in [-0.39, 0.29) is 6.79 Å². The van der Waals surface area contributed by atoms with Gasteiger partial charge in [0.1, 0.15) is 0 Å². The Bertz CT molecular complexity index is 558. The van der Waals surface area contributed by atoms with Crippen molar-refractivity contribution in [3.8, 4) is 11.5 Å². The summed E-state index contributed by atoms with van der Waals surface area (Å²) in [6, 6.07) is 3.61. The maximum atomic E-state index is 12.2. The molecule has 4 heteroatoms. The average molecular weight is 226 g/mol. The molecule has 1 aliphatic heterocycles. The Balaban J connectivity index is 2.13. The Morgan fingerprint density at radius 1 is 1.62 bits per heavy atom. The van der Waals surface area contributed by atoms with Gasteiger partial charge in [-0.3, -0.25) is 4.79 Å². The van der Waals surface area contributed by atoms with Crippen molar-refractivity contribution in [3.05, 3.63) is 23.8 Å². The van der Waals surface area contributed by atoms with Gasteiger partial charge in [0.15, 0.2) is 17.3 Å². The average Bonchev–Trinajstić information content (AvgIpc) is 2.82. The summed E-state index contributed by atoms with van der Waals surface area (Å²) >= 11 is 0. The molecule has 0 radical (unpaired) electrons. The van der Waals surface area contributed by atoms with E-state index < -0.39 is 25.2 Å². The van der Waals surface area contributed by atoms with Crippen LogP contribution in [0, 0.1) is 0 Å². The summed E-state index contributed by atoms with van der Waals surface area (Å²) < 4.78 is 46.6. The van der Waals surface area contributed by atoms with Gasteiger partial charge in [0, 0.05) is 12.4 Å². The van der Waals surface area contributed by atoms with Gasteiger partial charge in [0.2, 0.25) is 6.79 Å². The fourth-order valence-electron chi connectivity index (χ4n) is 1.47. The number of nitrogens with one attached hydrogen (secondary N) is 1. The van der Waals surface area contributed by atoms with Gasteiger partial charge in [-0.1, -0.05) is 6.85 Å². The summed E-state index contributed by atoms with van der Waals surface area (Å²) in [4.78, 5) is 12.2. The largest absolute Gasteiger partial charge is 0.454 e. The third-order valence-corrected chi connectivity index (χ3v) is 2.34. The van der Waals surface area contributed by atoms with E-state index in [2.05, 4.69) is 5.32 Å². The van der Waals surface area contributed by atoms with Crippen LogP contribution in [0.15, 0.2) is 18.2 Å². The zero-order valence-corrected chi connectivity index (χ0v) is 8.74. The maximum absolute atomic E-state index is 12.2. The highest BCUT2D eigenvalue weighted by atomic mass is 16.7. The summed E-state index contributed by atoms with van der Waals surface area (Å²) in [6.07, 6.45) is 0. The molecule has 0 bridgehead atoms. The van der Waals surface area contributed by atoms with E-state index in [1.165, 1.54) is 19.1 Å². The molecule has 86 valence electrons. The standard InChI is InChI=1S/C12H15NO3/c1-3-13-8(2)12(14)9-4-5-10-11(6-9)16-7-15-10/h4-6,8,13H,3,7H2,1-2H3/i1D3,3D2. The molecule has 1 heterocycles. The lowest BCUT2D eigenvalue weighted by Gasteiger charge is -2.11. The van der Waals surface area contributed by atoms with Crippen molar-refractivity contribution in [1.29, 1.82) is 0 Å². The van der Waals surface area contributed by atoms with Gasteiger partial charge < -0.3 is 14.8 Å². The van der Waals surface area contributed by atoms with E-state index in [0.717, 1.165) is 0 Å². The number of benzene rings is 1. The lowest BCUT2D eigenvalue weighted by atomic mass is 10.0. The number of hydrogen-bond donors (Lipinski definition) is 1. The zero-order chi connectivity index (χ0) is 15.8. The highest BCUT2D eigenvalue weighted by molar-refractivity contribution is 6.00. The first-order chi connectivity index (χ1) is 9.62. The second kappa shape index (κ2) is 4.53. The maximum Gasteiger partial charge on any atom is 0.231 e. The molecule has 1 N–H and O–H groups in total. The molecule has 0 aliphatic carbocycles. The summed E-state index contributed by atoms with van der Waals surface area (Å²) in [6.45, 7) is -4.02. The molecule has 0 amide bonds. The fraction of sp³-hybridized carbons (Fsp3) is 0.417. The predicted octanol–water partition coefficient (Wildman–Crippen LogP) is 1.60. The smallest absolute Gasteiger partial charge is 0.231 e. The minimum Gasteiger partial charge on any atom is -0.454 e. The Morgan fingerprint density at radius 3 is 3.25 bits per heavy atom. The SMILES string of the molecule is [2H]C([2H])([2H])C([2H])([2H])NC(C)C(=O)c1ccc2c(c1)OCO2. The van der Waals surface area contributed by atoms with Crippen LogP contribution in [0.2, 0.25) is 0 Å². The van der Waals surface area contributed by atoms with Gasteiger partial charge in [-0.25, -0.2) is 0 Å².